The normalized spacial score (nSPS) is 13.3. The zero-order chi connectivity index (χ0) is 14.4. The van der Waals surface area contributed by atoms with Crippen molar-refractivity contribution in [1.82, 2.24) is 5.32 Å². The van der Waals surface area contributed by atoms with Crippen LogP contribution in [0.5, 0.6) is 5.75 Å². The summed E-state index contributed by atoms with van der Waals surface area (Å²) in [6.07, 6.45) is 0.210. The third-order valence-electron chi connectivity index (χ3n) is 3.29. The molecule has 0 fully saturated rings. The van der Waals surface area contributed by atoms with E-state index in [1.807, 2.05) is 0 Å². The second-order valence-electron chi connectivity index (χ2n) is 6.16. The van der Waals surface area contributed by atoms with E-state index in [1.165, 1.54) is 5.56 Å². The minimum Gasteiger partial charge on any atom is -0.489 e. The SMILES string of the molecule is CC(C)NCC(Oc1ccccc1C(C)C)C(C)C. The smallest absolute Gasteiger partial charge is 0.123 e. The standard InChI is InChI=1S/C17H29NO/c1-12(2)15-9-7-8-10-16(15)19-17(13(3)4)11-18-14(5)6/h7-10,12-14,17-18H,11H2,1-6H3. The van der Waals surface area contributed by atoms with Crippen LogP contribution in [0.3, 0.4) is 0 Å². The Labute approximate surface area is 118 Å². The summed E-state index contributed by atoms with van der Waals surface area (Å²) >= 11 is 0. The number of para-hydroxylation sites is 1. The van der Waals surface area contributed by atoms with Gasteiger partial charge in [0, 0.05) is 12.6 Å². The van der Waals surface area contributed by atoms with E-state index in [4.69, 9.17) is 4.74 Å². The minimum atomic E-state index is 0.210. The van der Waals surface area contributed by atoms with Gasteiger partial charge in [0.25, 0.3) is 0 Å². The van der Waals surface area contributed by atoms with Crippen molar-refractivity contribution in [3.63, 3.8) is 0 Å². The molecule has 1 atom stereocenters. The minimum absolute atomic E-state index is 0.210. The highest BCUT2D eigenvalue weighted by atomic mass is 16.5. The van der Waals surface area contributed by atoms with Gasteiger partial charge in [-0.25, -0.2) is 0 Å². The van der Waals surface area contributed by atoms with Crippen LogP contribution < -0.4 is 10.1 Å². The fourth-order valence-electron chi connectivity index (χ4n) is 1.99. The molecule has 0 radical (unpaired) electrons. The largest absolute Gasteiger partial charge is 0.489 e. The molecule has 108 valence electrons. The highest BCUT2D eigenvalue weighted by Crippen LogP contribution is 2.27. The van der Waals surface area contributed by atoms with Crippen LogP contribution in [0.2, 0.25) is 0 Å². The Balaban J connectivity index is 2.79. The van der Waals surface area contributed by atoms with Crippen LogP contribution in [0.1, 0.15) is 53.0 Å². The predicted octanol–water partition coefficient (Wildman–Crippen LogP) is 4.21. The second kappa shape index (κ2) is 7.54. The second-order valence-corrected chi connectivity index (χ2v) is 6.16. The zero-order valence-electron chi connectivity index (χ0n) is 13.2. The quantitative estimate of drug-likeness (QED) is 0.795. The zero-order valence-corrected chi connectivity index (χ0v) is 13.2. The van der Waals surface area contributed by atoms with Gasteiger partial charge in [-0.05, 0) is 23.5 Å². The maximum Gasteiger partial charge on any atom is 0.123 e. The molecule has 0 aliphatic rings. The Hall–Kier alpha value is -1.02. The number of hydrogen-bond acceptors (Lipinski definition) is 2. The van der Waals surface area contributed by atoms with E-state index in [-0.39, 0.29) is 6.10 Å². The molecule has 0 aliphatic heterocycles. The lowest BCUT2D eigenvalue weighted by Gasteiger charge is -2.26. The Morgan fingerprint density at radius 3 is 2.16 bits per heavy atom. The number of hydrogen-bond donors (Lipinski definition) is 1. The summed E-state index contributed by atoms with van der Waals surface area (Å²) in [7, 11) is 0. The molecule has 2 heteroatoms. The van der Waals surface area contributed by atoms with E-state index >= 15 is 0 Å². The monoisotopic (exact) mass is 263 g/mol. The van der Waals surface area contributed by atoms with Crippen LogP contribution in [0.4, 0.5) is 0 Å². The van der Waals surface area contributed by atoms with Crippen molar-refractivity contribution in [3.8, 4) is 5.75 Å². The highest BCUT2D eigenvalue weighted by Gasteiger charge is 2.17. The van der Waals surface area contributed by atoms with Crippen molar-refractivity contribution in [1.29, 1.82) is 0 Å². The van der Waals surface area contributed by atoms with Crippen LogP contribution in [-0.2, 0) is 0 Å². The molecule has 1 aromatic carbocycles. The third kappa shape index (κ3) is 5.23. The molecule has 0 spiro atoms. The molecule has 2 nitrogen and oxygen atoms in total. The van der Waals surface area contributed by atoms with Crippen LogP contribution >= 0.6 is 0 Å². The molecule has 0 saturated heterocycles. The maximum atomic E-state index is 6.26. The number of ether oxygens (including phenoxy) is 1. The van der Waals surface area contributed by atoms with Crippen molar-refractivity contribution in [3.05, 3.63) is 29.8 Å². The fourth-order valence-corrected chi connectivity index (χ4v) is 1.99. The van der Waals surface area contributed by atoms with Gasteiger partial charge in [0.15, 0.2) is 0 Å². The molecule has 0 amide bonds. The van der Waals surface area contributed by atoms with Crippen molar-refractivity contribution in [2.45, 2.75) is 59.6 Å². The lowest BCUT2D eigenvalue weighted by Crippen LogP contribution is -2.38. The predicted molar refractivity (Wildman–Crippen MR) is 82.9 cm³/mol. The number of benzene rings is 1. The van der Waals surface area contributed by atoms with E-state index in [2.05, 4.69) is 71.1 Å². The van der Waals surface area contributed by atoms with Crippen LogP contribution in [0, 0.1) is 5.92 Å². The van der Waals surface area contributed by atoms with Gasteiger partial charge in [-0.1, -0.05) is 59.7 Å². The molecule has 1 unspecified atom stereocenters. The van der Waals surface area contributed by atoms with E-state index in [1.54, 1.807) is 0 Å². The van der Waals surface area contributed by atoms with E-state index in [9.17, 15) is 0 Å². The maximum absolute atomic E-state index is 6.26. The van der Waals surface area contributed by atoms with Crippen LogP contribution in [0.25, 0.3) is 0 Å². The molecule has 0 heterocycles. The summed E-state index contributed by atoms with van der Waals surface area (Å²) in [6, 6.07) is 8.87. The molecule has 1 N–H and O–H groups in total. The number of rotatable bonds is 7. The average molecular weight is 263 g/mol. The Morgan fingerprint density at radius 2 is 1.63 bits per heavy atom. The van der Waals surface area contributed by atoms with Crippen LogP contribution in [-0.4, -0.2) is 18.7 Å². The van der Waals surface area contributed by atoms with Crippen LogP contribution in [0.15, 0.2) is 24.3 Å². The lowest BCUT2D eigenvalue weighted by molar-refractivity contribution is 0.144. The van der Waals surface area contributed by atoms with Gasteiger partial charge in [0.2, 0.25) is 0 Å². The summed E-state index contributed by atoms with van der Waals surface area (Å²) in [6.45, 7) is 14.1. The van der Waals surface area contributed by atoms with Gasteiger partial charge in [0.1, 0.15) is 11.9 Å². The topological polar surface area (TPSA) is 21.3 Å². The van der Waals surface area contributed by atoms with Crippen molar-refractivity contribution >= 4 is 0 Å². The molecule has 0 aromatic heterocycles. The summed E-state index contributed by atoms with van der Waals surface area (Å²) in [5, 5.41) is 3.47. The van der Waals surface area contributed by atoms with E-state index in [0.29, 0.717) is 17.9 Å². The molecule has 19 heavy (non-hydrogen) atoms. The molecule has 1 aromatic rings. The summed E-state index contributed by atoms with van der Waals surface area (Å²) < 4.78 is 6.26. The van der Waals surface area contributed by atoms with Crippen molar-refractivity contribution < 1.29 is 4.74 Å². The number of nitrogens with one attached hydrogen (secondary N) is 1. The van der Waals surface area contributed by atoms with E-state index < -0.39 is 0 Å². The van der Waals surface area contributed by atoms with Gasteiger partial charge < -0.3 is 10.1 Å². The third-order valence-corrected chi connectivity index (χ3v) is 3.29. The van der Waals surface area contributed by atoms with Gasteiger partial charge in [0.05, 0.1) is 0 Å². The Morgan fingerprint density at radius 1 is 1.00 bits per heavy atom. The molecule has 1 rings (SSSR count). The fraction of sp³-hybridized carbons (Fsp3) is 0.647. The molecular weight excluding hydrogens is 234 g/mol. The van der Waals surface area contributed by atoms with E-state index in [0.717, 1.165) is 12.3 Å². The first-order valence-corrected chi connectivity index (χ1v) is 7.40. The van der Waals surface area contributed by atoms with Crippen molar-refractivity contribution in [2.24, 2.45) is 5.92 Å². The summed E-state index contributed by atoms with van der Waals surface area (Å²) in [4.78, 5) is 0. The first-order valence-electron chi connectivity index (χ1n) is 7.40. The summed E-state index contributed by atoms with van der Waals surface area (Å²) in [5.41, 5.74) is 1.29. The first-order chi connectivity index (χ1) is 8.91. The van der Waals surface area contributed by atoms with Crippen molar-refractivity contribution in [2.75, 3.05) is 6.54 Å². The Kier molecular flexibility index (Phi) is 6.36. The molecular formula is C17H29NO. The first kappa shape index (κ1) is 16.0. The average Bonchev–Trinajstić information content (AvgIpc) is 2.34. The van der Waals surface area contributed by atoms with Gasteiger partial charge in [-0.3, -0.25) is 0 Å². The van der Waals surface area contributed by atoms with Gasteiger partial charge >= 0.3 is 0 Å². The van der Waals surface area contributed by atoms with Gasteiger partial charge in [-0.2, -0.15) is 0 Å². The molecule has 0 aliphatic carbocycles. The lowest BCUT2D eigenvalue weighted by atomic mass is 10.0. The summed E-state index contributed by atoms with van der Waals surface area (Å²) in [5.74, 6) is 2.01. The highest BCUT2D eigenvalue weighted by molar-refractivity contribution is 5.35. The van der Waals surface area contributed by atoms with Gasteiger partial charge in [-0.15, -0.1) is 0 Å². The Bertz CT molecular complexity index is 371. The molecule has 0 saturated carbocycles. The molecule has 0 bridgehead atoms.